The van der Waals surface area contributed by atoms with Crippen LogP contribution >= 0.6 is 0 Å². The third-order valence-corrected chi connectivity index (χ3v) is 5.20. The van der Waals surface area contributed by atoms with Crippen molar-refractivity contribution in [3.05, 3.63) is 95.6 Å². The van der Waals surface area contributed by atoms with Crippen molar-refractivity contribution in [3.63, 3.8) is 0 Å². The third-order valence-electron chi connectivity index (χ3n) is 5.20. The molecule has 0 saturated heterocycles. The Kier molecular flexibility index (Phi) is 4.94. The molecule has 0 radical (unpaired) electrons. The van der Waals surface area contributed by atoms with Gasteiger partial charge in [0.15, 0.2) is 0 Å². The van der Waals surface area contributed by atoms with E-state index in [9.17, 15) is 4.79 Å². The smallest absolute Gasteiger partial charge is 0.256 e. The number of aryl methyl sites for hydroxylation is 1. The van der Waals surface area contributed by atoms with Crippen molar-refractivity contribution in [3.8, 4) is 11.1 Å². The first kappa shape index (κ1) is 19.2. The maximum absolute atomic E-state index is 12.8. The number of anilines is 2. The molecule has 0 aliphatic rings. The molecule has 0 atom stereocenters. The molecular formula is C25H22N4O. The summed E-state index contributed by atoms with van der Waals surface area (Å²) in [6.07, 6.45) is 0. The summed E-state index contributed by atoms with van der Waals surface area (Å²) >= 11 is 0. The fourth-order valence-corrected chi connectivity index (χ4v) is 3.62. The minimum atomic E-state index is -0.163. The van der Waals surface area contributed by atoms with Gasteiger partial charge in [0.2, 0.25) is 0 Å². The average molecular weight is 394 g/mol. The highest BCUT2D eigenvalue weighted by Crippen LogP contribution is 2.32. The molecule has 0 fully saturated rings. The predicted octanol–water partition coefficient (Wildman–Crippen LogP) is 4.93. The van der Waals surface area contributed by atoms with Crippen LogP contribution in [0.1, 0.15) is 21.5 Å². The molecule has 0 unspecified atom stereocenters. The monoisotopic (exact) mass is 394 g/mol. The van der Waals surface area contributed by atoms with Crippen molar-refractivity contribution in [1.29, 1.82) is 5.41 Å². The fraction of sp³-hybridized carbons (Fsp3) is 0.0400. The first-order valence-electron chi connectivity index (χ1n) is 9.58. The topological polar surface area (TPSA) is 105 Å². The van der Waals surface area contributed by atoms with Crippen LogP contribution in [0.15, 0.2) is 78.9 Å². The zero-order valence-corrected chi connectivity index (χ0v) is 16.6. The first-order valence-corrected chi connectivity index (χ1v) is 9.58. The van der Waals surface area contributed by atoms with Gasteiger partial charge in [-0.2, -0.15) is 0 Å². The largest absolute Gasteiger partial charge is 0.398 e. The van der Waals surface area contributed by atoms with Crippen molar-refractivity contribution in [2.45, 2.75) is 6.92 Å². The van der Waals surface area contributed by atoms with Crippen LogP contribution in [-0.2, 0) is 0 Å². The van der Waals surface area contributed by atoms with Crippen LogP contribution in [0.3, 0.4) is 0 Å². The lowest BCUT2D eigenvalue weighted by Gasteiger charge is -2.15. The number of para-hydroxylation sites is 1. The van der Waals surface area contributed by atoms with E-state index in [-0.39, 0.29) is 11.7 Å². The van der Waals surface area contributed by atoms with Crippen LogP contribution in [0, 0.1) is 12.3 Å². The number of nitrogens with two attached hydrogens (primary N) is 2. The number of carbonyl (C=O) groups excluding carboxylic acids is 1. The standard InChI is InChI=1S/C25H22N4O/c1-15-10-12-20(22(23(15)26)24(27)28)17-11-13-19-16(14-17)6-5-9-21(19)25(30)29-18-7-3-2-4-8-18/h2-14H,26H2,1H3,(H3,27,28)(H,29,30). The van der Waals surface area contributed by atoms with Gasteiger partial charge in [0.25, 0.3) is 5.91 Å². The number of hydrogen-bond acceptors (Lipinski definition) is 3. The van der Waals surface area contributed by atoms with E-state index in [0.717, 1.165) is 33.2 Å². The van der Waals surface area contributed by atoms with Gasteiger partial charge in [0, 0.05) is 22.5 Å². The number of benzene rings is 4. The van der Waals surface area contributed by atoms with Crippen molar-refractivity contribution >= 4 is 33.9 Å². The summed E-state index contributed by atoms with van der Waals surface area (Å²) in [5.41, 5.74) is 17.0. The Bertz CT molecular complexity index is 1280. The second kappa shape index (κ2) is 7.72. The second-order valence-electron chi connectivity index (χ2n) is 7.19. The number of amides is 1. The van der Waals surface area contributed by atoms with Crippen molar-refractivity contribution in [2.24, 2.45) is 5.73 Å². The zero-order chi connectivity index (χ0) is 21.3. The molecule has 0 aliphatic carbocycles. The Balaban J connectivity index is 1.78. The van der Waals surface area contributed by atoms with Crippen LogP contribution in [0.4, 0.5) is 11.4 Å². The van der Waals surface area contributed by atoms with Gasteiger partial charge in [0.05, 0.1) is 0 Å². The van der Waals surface area contributed by atoms with Gasteiger partial charge in [-0.15, -0.1) is 0 Å². The first-order chi connectivity index (χ1) is 14.5. The quantitative estimate of drug-likeness (QED) is 0.224. The number of nitrogens with one attached hydrogen (secondary N) is 2. The lowest BCUT2D eigenvalue weighted by atomic mass is 9.93. The lowest BCUT2D eigenvalue weighted by Crippen LogP contribution is -2.16. The van der Waals surface area contributed by atoms with Gasteiger partial charge in [0.1, 0.15) is 5.84 Å². The molecule has 4 aromatic rings. The van der Waals surface area contributed by atoms with Crippen LogP contribution in [0.2, 0.25) is 0 Å². The van der Waals surface area contributed by atoms with E-state index in [1.54, 1.807) is 0 Å². The Morgan fingerprint density at radius 2 is 1.70 bits per heavy atom. The van der Waals surface area contributed by atoms with E-state index in [4.69, 9.17) is 16.9 Å². The van der Waals surface area contributed by atoms with Gasteiger partial charge < -0.3 is 16.8 Å². The minimum absolute atomic E-state index is 0.0673. The molecule has 0 aromatic heterocycles. The van der Waals surface area contributed by atoms with Crippen molar-refractivity contribution < 1.29 is 4.79 Å². The van der Waals surface area contributed by atoms with E-state index in [2.05, 4.69) is 5.32 Å². The molecule has 1 amide bonds. The molecule has 5 heteroatoms. The lowest BCUT2D eigenvalue weighted by molar-refractivity contribution is 0.102. The average Bonchev–Trinajstić information content (AvgIpc) is 2.75. The van der Waals surface area contributed by atoms with Crippen LogP contribution in [0.5, 0.6) is 0 Å². The van der Waals surface area contributed by atoms with Crippen molar-refractivity contribution in [2.75, 3.05) is 11.1 Å². The van der Waals surface area contributed by atoms with E-state index < -0.39 is 0 Å². The number of amidine groups is 1. The van der Waals surface area contributed by atoms with Crippen LogP contribution in [0.25, 0.3) is 21.9 Å². The van der Waals surface area contributed by atoms with Crippen molar-refractivity contribution in [1.82, 2.24) is 0 Å². The van der Waals surface area contributed by atoms with Gasteiger partial charge >= 0.3 is 0 Å². The molecular weight excluding hydrogens is 372 g/mol. The Morgan fingerprint density at radius 1 is 0.933 bits per heavy atom. The summed E-state index contributed by atoms with van der Waals surface area (Å²) in [5.74, 6) is -0.231. The summed E-state index contributed by atoms with van der Waals surface area (Å²) in [7, 11) is 0. The van der Waals surface area contributed by atoms with Gasteiger partial charge in [-0.3, -0.25) is 10.2 Å². The van der Waals surface area contributed by atoms with Gasteiger partial charge in [-0.25, -0.2) is 0 Å². The zero-order valence-electron chi connectivity index (χ0n) is 16.6. The van der Waals surface area contributed by atoms with E-state index >= 15 is 0 Å². The second-order valence-corrected chi connectivity index (χ2v) is 7.19. The molecule has 4 aromatic carbocycles. The summed E-state index contributed by atoms with van der Waals surface area (Å²) in [6, 6.07) is 24.7. The third kappa shape index (κ3) is 3.49. The Hall–Kier alpha value is -4.12. The molecule has 0 spiro atoms. The normalized spacial score (nSPS) is 10.7. The fourth-order valence-electron chi connectivity index (χ4n) is 3.62. The van der Waals surface area contributed by atoms with E-state index in [1.807, 2.05) is 85.8 Å². The highest BCUT2D eigenvalue weighted by molar-refractivity contribution is 6.14. The summed E-state index contributed by atoms with van der Waals surface area (Å²) < 4.78 is 0. The SMILES string of the molecule is Cc1ccc(-c2ccc3c(C(=O)Nc4ccccc4)cccc3c2)c(C(=N)N)c1N. The van der Waals surface area contributed by atoms with Gasteiger partial charge in [-0.05, 0) is 58.7 Å². The summed E-state index contributed by atoms with van der Waals surface area (Å²) in [6.45, 7) is 1.89. The molecule has 0 heterocycles. The molecule has 0 aliphatic heterocycles. The maximum Gasteiger partial charge on any atom is 0.256 e. The number of hydrogen-bond donors (Lipinski definition) is 4. The molecule has 0 bridgehead atoms. The number of nitrogen functional groups attached to an aromatic ring is 2. The Morgan fingerprint density at radius 3 is 2.43 bits per heavy atom. The minimum Gasteiger partial charge on any atom is -0.398 e. The Labute approximate surface area is 174 Å². The maximum atomic E-state index is 12.8. The van der Waals surface area contributed by atoms with E-state index in [1.165, 1.54) is 0 Å². The number of carbonyl (C=O) groups is 1. The number of rotatable bonds is 4. The molecule has 148 valence electrons. The highest BCUT2D eigenvalue weighted by Gasteiger charge is 2.15. The molecule has 0 saturated carbocycles. The van der Waals surface area contributed by atoms with Crippen LogP contribution in [-0.4, -0.2) is 11.7 Å². The summed E-state index contributed by atoms with van der Waals surface area (Å²) in [4.78, 5) is 12.8. The number of fused-ring (bicyclic) bond motifs is 1. The molecule has 6 N–H and O–H groups in total. The summed E-state index contributed by atoms with van der Waals surface area (Å²) in [5, 5.41) is 12.7. The predicted molar refractivity (Wildman–Crippen MR) is 124 cm³/mol. The van der Waals surface area contributed by atoms with E-state index in [0.29, 0.717) is 16.8 Å². The molecule has 5 nitrogen and oxygen atoms in total. The highest BCUT2D eigenvalue weighted by atomic mass is 16.1. The van der Waals surface area contributed by atoms with Gasteiger partial charge in [-0.1, -0.05) is 54.6 Å². The molecule has 30 heavy (non-hydrogen) atoms. The van der Waals surface area contributed by atoms with Crippen LogP contribution < -0.4 is 16.8 Å². The molecule has 4 rings (SSSR count).